The summed E-state index contributed by atoms with van der Waals surface area (Å²) in [6.07, 6.45) is 0.932. The number of methoxy groups -OCH3 is 1. The lowest BCUT2D eigenvalue weighted by Crippen LogP contribution is -1.98. The van der Waals surface area contributed by atoms with E-state index in [2.05, 4.69) is 0 Å². The van der Waals surface area contributed by atoms with Crippen molar-refractivity contribution in [2.45, 2.75) is 25.9 Å². The molecule has 78 valence electrons. The normalized spacial score (nSPS) is 12.6. The van der Waals surface area contributed by atoms with Crippen molar-refractivity contribution < 1.29 is 14.2 Å². The van der Waals surface area contributed by atoms with Crippen molar-refractivity contribution in [3.8, 4) is 5.75 Å². The molecular formula is C11H15FO2. The summed E-state index contributed by atoms with van der Waals surface area (Å²) in [7, 11) is 1.42. The van der Waals surface area contributed by atoms with Crippen molar-refractivity contribution >= 4 is 0 Å². The minimum atomic E-state index is -0.583. The second kappa shape index (κ2) is 4.96. The minimum Gasteiger partial charge on any atom is -0.494 e. The summed E-state index contributed by atoms with van der Waals surface area (Å²) in [6, 6.07) is 4.53. The summed E-state index contributed by atoms with van der Waals surface area (Å²) in [6.45, 7) is 1.98. The van der Waals surface area contributed by atoms with Gasteiger partial charge in [0.2, 0.25) is 0 Å². The quantitative estimate of drug-likeness (QED) is 0.806. The van der Waals surface area contributed by atoms with Crippen molar-refractivity contribution in [1.82, 2.24) is 0 Å². The Labute approximate surface area is 83.3 Å². The Morgan fingerprint density at radius 2 is 2.21 bits per heavy atom. The first-order valence-corrected chi connectivity index (χ1v) is 4.70. The van der Waals surface area contributed by atoms with Gasteiger partial charge in [-0.1, -0.05) is 19.4 Å². The van der Waals surface area contributed by atoms with Gasteiger partial charge >= 0.3 is 0 Å². The second-order valence-corrected chi connectivity index (χ2v) is 3.20. The maximum atomic E-state index is 13.2. The van der Waals surface area contributed by atoms with Crippen LogP contribution in [0.25, 0.3) is 0 Å². The maximum Gasteiger partial charge on any atom is 0.165 e. The number of benzene rings is 1. The molecule has 3 heteroatoms. The zero-order chi connectivity index (χ0) is 10.6. The van der Waals surface area contributed by atoms with E-state index in [0.29, 0.717) is 12.0 Å². The van der Waals surface area contributed by atoms with Crippen LogP contribution in [0.4, 0.5) is 4.39 Å². The van der Waals surface area contributed by atoms with E-state index < -0.39 is 11.9 Å². The Morgan fingerprint density at radius 1 is 1.50 bits per heavy atom. The number of hydrogen-bond donors (Lipinski definition) is 1. The molecular weight excluding hydrogens is 183 g/mol. The molecule has 0 radical (unpaired) electrons. The van der Waals surface area contributed by atoms with Gasteiger partial charge in [0.1, 0.15) is 0 Å². The number of rotatable bonds is 4. The fourth-order valence-corrected chi connectivity index (χ4v) is 1.33. The first-order chi connectivity index (χ1) is 6.69. The van der Waals surface area contributed by atoms with Gasteiger partial charge < -0.3 is 9.84 Å². The number of halogens is 1. The summed E-state index contributed by atoms with van der Waals surface area (Å²) in [5.41, 5.74) is 0.602. The Morgan fingerprint density at radius 3 is 2.71 bits per heavy atom. The third-order valence-corrected chi connectivity index (χ3v) is 2.12. The van der Waals surface area contributed by atoms with Crippen molar-refractivity contribution in [2.24, 2.45) is 0 Å². The number of ether oxygens (including phenoxy) is 1. The minimum absolute atomic E-state index is 0.206. The molecule has 0 aliphatic carbocycles. The summed E-state index contributed by atoms with van der Waals surface area (Å²) >= 11 is 0. The van der Waals surface area contributed by atoms with Crippen molar-refractivity contribution in [3.63, 3.8) is 0 Å². The second-order valence-electron chi connectivity index (χ2n) is 3.20. The molecule has 1 atom stereocenters. The van der Waals surface area contributed by atoms with E-state index in [1.165, 1.54) is 19.2 Å². The summed E-state index contributed by atoms with van der Waals surface area (Å²) in [5, 5.41) is 9.60. The molecule has 1 N–H and O–H groups in total. The molecule has 0 aliphatic rings. The van der Waals surface area contributed by atoms with E-state index in [-0.39, 0.29) is 5.75 Å². The van der Waals surface area contributed by atoms with Crippen LogP contribution in [0.3, 0.4) is 0 Å². The molecule has 0 amide bonds. The predicted molar refractivity (Wildman–Crippen MR) is 52.8 cm³/mol. The molecule has 1 rings (SSSR count). The topological polar surface area (TPSA) is 29.5 Å². The van der Waals surface area contributed by atoms with Gasteiger partial charge in [0.25, 0.3) is 0 Å². The average Bonchev–Trinajstić information content (AvgIpc) is 2.18. The monoisotopic (exact) mass is 198 g/mol. The molecule has 14 heavy (non-hydrogen) atoms. The van der Waals surface area contributed by atoms with Gasteiger partial charge in [-0.25, -0.2) is 4.39 Å². The zero-order valence-electron chi connectivity index (χ0n) is 8.46. The van der Waals surface area contributed by atoms with Gasteiger partial charge in [-0.3, -0.25) is 0 Å². The van der Waals surface area contributed by atoms with Gasteiger partial charge in [0.05, 0.1) is 13.2 Å². The highest BCUT2D eigenvalue weighted by atomic mass is 19.1. The first kappa shape index (κ1) is 11.0. The van der Waals surface area contributed by atoms with Crippen LogP contribution in [-0.2, 0) is 0 Å². The Balaban J connectivity index is 2.85. The van der Waals surface area contributed by atoms with E-state index in [4.69, 9.17) is 4.74 Å². The molecule has 0 heterocycles. The molecule has 2 nitrogen and oxygen atoms in total. The van der Waals surface area contributed by atoms with Crippen molar-refractivity contribution in [3.05, 3.63) is 29.6 Å². The molecule has 1 aromatic rings. The summed E-state index contributed by atoms with van der Waals surface area (Å²) in [5.74, 6) is -0.224. The van der Waals surface area contributed by atoms with E-state index in [9.17, 15) is 9.50 Å². The van der Waals surface area contributed by atoms with Crippen LogP contribution in [0.15, 0.2) is 18.2 Å². The Hall–Kier alpha value is -1.09. The summed E-state index contributed by atoms with van der Waals surface area (Å²) in [4.78, 5) is 0. The Kier molecular flexibility index (Phi) is 3.89. The van der Waals surface area contributed by atoms with E-state index in [1.54, 1.807) is 6.07 Å². The molecule has 0 fully saturated rings. The molecule has 0 saturated carbocycles. The van der Waals surface area contributed by atoms with Gasteiger partial charge in [-0.2, -0.15) is 0 Å². The summed E-state index contributed by atoms with van der Waals surface area (Å²) < 4.78 is 18.0. The van der Waals surface area contributed by atoms with Gasteiger partial charge in [0, 0.05) is 0 Å². The van der Waals surface area contributed by atoms with E-state index in [1.807, 2.05) is 6.92 Å². The maximum absolute atomic E-state index is 13.2. The molecule has 0 saturated heterocycles. The number of hydrogen-bond acceptors (Lipinski definition) is 2. The van der Waals surface area contributed by atoms with Crippen LogP contribution < -0.4 is 4.74 Å². The van der Waals surface area contributed by atoms with Gasteiger partial charge in [-0.05, 0) is 24.1 Å². The van der Waals surface area contributed by atoms with Crippen LogP contribution in [-0.4, -0.2) is 12.2 Å². The molecule has 0 bridgehead atoms. The lowest BCUT2D eigenvalue weighted by Gasteiger charge is -2.10. The van der Waals surface area contributed by atoms with E-state index >= 15 is 0 Å². The standard InChI is InChI=1S/C11H15FO2/c1-3-4-10(13)8-5-6-11(14-2)9(12)7-8/h5-7,10,13H,3-4H2,1-2H3/t10-/m1/s1. The highest BCUT2D eigenvalue weighted by Gasteiger charge is 2.09. The predicted octanol–water partition coefficient (Wildman–Crippen LogP) is 2.67. The van der Waals surface area contributed by atoms with E-state index in [0.717, 1.165) is 6.42 Å². The van der Waals surface area contributed by atoms with Gasteiger partial charge in [0.15, 0.2) is 11.6 Å². The number of aliphatic hydroxyl groups excluding tert-OH is 1. The third kappa shape index (κ3) is 2.45. The van der Waals surface area contributed by atoms with Crippen LogP contribution in [0.2, 0.25) is 0 Å². The SMILES string of the molecule is CCC[C@@H](O)c1ccc(OC)c(F)c1. The van der Waals surface area contributed by atoms with Crippen molar-refractivity contribution in [1.29, 1.82) is 0 Å². The third-order valence-electron chi connectivity index (χ3n) is 2.12. The smallest absolute Gasteiger partial charge is 0.165 e. The Bertz CT molecular complexity index is 299. The fraction of sp³-hybridized carbons (Fsp3) is 0.455. The zero-order valence-corrected chi connectivity index (χ0v) is 8.46. The lowest BCUT2D eigenvalue weighted by atomic mass is 10.1. The fourth-order valence-electron chi connectivity index (χ4n) is 1.33. The molecule has 0 aliphatic heterocycles. The van der Waals surface area contributed by atoms with Crippen LogP contribution in [0, 0.1) is 5.82 Å². The molecule has 0 aromatic heterocycles. The molecule has 0 unspecified atom stereocenters. The highest BCUT2D eigenvalue weighted by Crippen LogP contribution is 2.23. The first-order valence-electron chi connectivity index (χ1n) is 4.70. The van der Waals surface area contributed by atoms with Crippen LogP contribution in [0.1, 0.15) is 31.4 Å². The molecule has 0 spiro atoms. The van der Waals surface area contributed by atoms with Crippen molar-refractivity contribution in [2.75, 3.05) is 7.11 Å². The number of aliphatic hydroxyl groups is 1. The average molecular weight is 198 g/mol. The van der Waals surface area contributed by atoms with Gasteiger partial charge in [-0.15, -0.1) is 0 Å². The lowest BCUT2D eigenvalue weighted by molar-refractivity contribution is 0.166. The highest BCUT2D eigenvalue weighted by molar-refractivity contribution is 5.30. The van der Waals surface area contributed by atoms with Crippen LogP contribution in [0.5, 0.6) is 5.75 Å². The molecule has 1 aromatic carbocycles. The largest absolute Gasteiger partial charge is 0.494 e. The van der Waals surface area contributed by atoms with Crippen LogP contribution >= 0.6 is 0 Å².